The zero-order valence-corrected chi connectivity index (χ0v) is 10.5. The number of rotatable bonds is 5. The molecule has 1 N–H and O–H groups in total. The third-order valence-corrected chi connectivity index (χ3v) is 3.20. The number of carboxylic acids is 1. The van der Waals surface area contributed by atoms with Crippen LogP contribution >= 0.6 is 0 Å². The van der Waals surface area contributed by atoms with Crippen LogP contribution in [0.4, 0.5) is 8.78 Å². The third kappa shape index (κ3) is 4.23. The van der Waals surface area contributed by atoms with Crippen molar-refractivity contribution in [1.29, 1.82) is 0 Å². The van der Waals surface area contributed by atoms with Crippen LogP contribution in [0.15, 0.2) is 0 Å². The lowest BCUT2D eigenvalue weighted by atomic mass is 9.86. The van der Waals surface area contributed by atoms with Crippen LogP contribution < -0.4 is 0 Å². The molecule has 6 heteroatoms. The van der Waals surface area contributed by atoms with Gasteiger partial charge in [0.1, 0.15) is 6.54 Å². The van der Waals surface area contributed by atoms with Crippen molar-refractivity contribution in [2.45, 2.75) is 45.0 Å². The minimum absolute atomic E-state index is 0.145. The third-order valence-electron chi connectivity index (χ3n) is 3.20. The smallest absolute Gasteiger partial charge is 0.323 e. The maximum atomic E-state index is 13.0. The zero-order chi connectivity index (χ0) is 13.8. The Morgan fingerprint density at radius 3 is 2.33 bits per heavy atom. The van der Waals surface area contributed by atoms with Crippen molar-refractivity contribution in [2.75, 3.05) is 13.1 Å². The highest BCUT2D eigenvalue weighted by molar-refractivity contribution is 5.83. The summed E-state index contributed by atoms with van der Waals surface area (Å²) in [5, 5.41) is 8.73. The highest BCUT2D eigenvalue weighted by Crippen LogP contribution is 2.36. The van der Waals surface area contributed by atoms with Gasteiger partial charge in [-0.2, -0.15) is 0 Å². The van der Waals surface area contributed by atoms with Gasteiger partial charge in [-0.15, -0.1) is 0 Å². The Morgan fingerprint density at radius 2 is 1.89 bits per heavy atom. The predicted octanol–water partition coefficient (Wildman–Crippen LogP) is 2.14. The molecule has 0 spiro atoms. The van der Waals surface area contributed by atoms with Crippen molar-refractivity contribution in [3.05, 3.63) is 0 Å². The van der Waals surface area contributed by atoms with E-state index in [0.29, 0.717) is 13.0 Å². The molecule has 0 aromatic carbocycles. The molecule has 0 heterocycles. The van der Waals surface area contributed by atoms with E-state index in [2.05, 4.69) is 0 Å². The minimum atomic E-state index is -2.67. The summed E-state index contributed by atoms with van der Waals surface area (Å²) in [5.41, 5.74) is 0. The molecule has 18 heavy (non-hydrogen) atoms. The lowest BCUT2D eigenvalue weighted by Gasteiger charge is -2.31. The summed E-state index contributed by atoms with van der Waals surface area (Å²) < 4.78 is 26.0. The molecule has 0 aromatic rings. The highest BCUT2D eigenvalue weighted by atomic mass is 19.3. The second-order valence-electron chi connectivity index (χ2n) is 4.78. The van der Waals surface area contributed by atoms with Gasteiger partial charge in [-0.25, -0.2) is 8.78 Å². The molecule has 1 amide bonds. The van der Waals surface area contributed by atoms with Gasteiger partial charge in [0.2, 0.25) is 11.8 Å². The molecule has 1 rings (SSSR count). The quantitative estimate of drug-likeness (QED) is 0.826. The summed E-state index contributed by atoms with van der Waals surface area (Å²) in [4.78, 5) is 24.0. The van der Waals surface area contributed by atoms with Gasteiger partial charge in [0.05, 0.1) is 0 Å². The molecule has 0 saturated heterocycles. The Bertz CT molecular complexity index is 310. The van der Waals surface area contributed by atoms with E-state index in [1.54, 1.807) is 0 Å². The molecule has 0 radical (unpaired) electrons. The number of nitrogens with zero attached hydrogens (tertiary/aromatic N) is 1. The Kier molecular flexibility index (Phi) is 5.04. The van der Waals surface area contributed by atoms with Crippen LogP contribution in [-0.2, 0) is 9.59 Å². The summed E-state index contributed by atoms with van der Waals surface area (Å²) in [6, 6.07) is 0. The molecular weight excluding hydrogens is 244 g/mol. The lowest BCUT2D eigenvalue weighted by Crippen LogP contribution is -2.42. The van der Waals surface area contributed by atoms with Crippen LogP contribution in [0, 0.1) is 5.92 Å². The van der Waals surface area contributed by atoms with E-state index >= 15 is 0 Å². The van der Waals surface area contributed by atoms with Crippen molar-refractivity contribution < 1.29 is 23.5 Å². The van der Waals surface area contributed by atoms with Gasteiger partial charge in [-0.1, -0.05) is 6.92 Å². The average Bonchev–Trinajstić information content (AvgIpc) is 2.27. The predicted molar refractivity (Wildman–Crippen MR) is 61.4 cm³/mol. The number of hydrogen-bond acceptors (Lipinski definition) is 2. The first-order chi connectivity index (χ1) is 8.35. The molecule has 0 aromatic heterocycles. The van der Waals surface area contributed by atoms with Gasteiger partial charge >= 0.3 is 5.97 Å². The molecule has 104 valence electrons. The molecule has 1 saturated carbocycles. The monoisotopic (exact) mass is 263 g/mol. The number of aliphatic carboxylic acids is 1. The molecule has 1 fully saturated rings. The Balaban J connectivity index is 2.58. The number of hydrogen-bond donors (Lipinski definition) is 1. The Morgan fingerprint density at radius 1 is 1.33 bits per heavy atom. The minimum Gasteiger partial charge on any atom is -0.480 e. The molecule has 1 aliphatic carbocycles. The van der Waals surface area contributed by atoms with Gasteiger partial charge in [0, 0.05) is 25.3 Å². The van der Waals surface area contributed by atoms with Crippen molar-refractivity contribution in [2.24, 2.45) is 5.92 Å². The molecule has 4 nitrogen and oxygen atoms in total. The van der Waals surface area contributed by atoms with E-state index in [4.69, 9.17) is 5.11 Å². The summed E-state index contributed by atoms with van der Waals surface area (Å²) in [6.07, 6.45) is 0.381. The Hall–Kier alpha value is -1.20. The summed E-state index contributed by atoms with van der Waals surface area (Å²) >= 11 is 0. The van der Waals surface area contributed by atoms with Crippen molar-refractivity contribution in [1.82, 2.24) is 4.90 Å². The van der Waals surface area contributed by atoms with Crippen molar-refractivity contribution >= 4 is 11.9 Å². The standard InChI is InChI=1S/C12H19F2NO3/c1-2-7-15(8-10(16)17)11(18)9-3-5-12(13,14)6-4-9/h9H,2-8H2,1H3,(H,16,17). The van der Waals surface area contributed by atoms with E-state index in [-0.39, 0.29) is 38.1 Å². The first-order valence-corrected chi connectivity index (χ1v) is 6.24. The molecule has 0 unspecified atom stereocenters. The average molecular weight is 263 g/mol. The number of alkyl halides is 2. The van der Waals surface area contributed by atoms with Gasteiger partial charge in [-0.05, 0) is 19.3 Å². The Labute approximate surface area is 105 Å². The van der Waals surface area contributed by atoms with Crippen molar-refractivity contribution in [3.63, 3.8) is 0 Å². The van der Waals surface area contributed by atoms with Crippen LogP contribution in [0.3, 0.4) is 0 Å². The van der Waals surface area contributed by atoms with Gasteiger partial charge in [-0.3, -0.25) is 9.59 Å². The fraction of sp³-hybridized carbons (Fsp3) is 0.833. The highest BCUT2D eigenvalue weighted by Gasteiger charge is 2.38. The molecular formula is C12H19F2NO3. The number of carbonyl (C=O) groups is 2. The van der Waals surface area contributed by atoms with Crippen LogP contribution in [0.25, 0.3) is 0 Å². The summed E-state index contributed by atoms with van der Waals surface area (Å²) in [6.45, 7) is 1.86. The van der Waals surface area contributed by atoms with Crippen LogP contribution in [0.2, 0.25) is 0 Å². The SMILES string of the molecule is CCCN(CC(=O)O)C(=O)C1CCC(F)(F)CC1. The molecule has 1 aliphatic rings. The van der Waals surface area contributed by atoms with E-state index < -0.39 is 17.8 Å². The maximum Gasteiger partial charge on any atom is 0.323 e. The largest absolute Gasteiger partial charge is 0.480 e. The molecule has 0 aliphatic heterocycles. The zero-order valence-electron chi connectivity index (χ0n) is 10.5. The van der Waals surface area contributed by atoms with E-state index in [1.807, 2.05) is 6.92 Å². The second-order valence-corrected chi connectivity index (χ2v) is 4.78. The lowest BCUT2D eigenvalue weighted by molar-refractivity contribution is -0.148. The van der Waals surface area contributed by atoms with Gasteiger partial charge in [0.25, 0.3) is 0 Å². The topological polar surface area (TPSA) is 57.6 Å². The first-order valence-electron chi connectivity index (χ1n) is 6.24. The summed E-state index contributed by atoms with van der Waals surface area (Å²) in [5.74, 6) is -4.48. The first kappa shape index (κ1) is 14.9. The van der Waals surface area contributed by atoms with Gasteiger partial charge in [0.15, 0.2) is 0 Å². The van der Waals surface area contributed by atoms with E-state index in [9.17, 15) is 18.4 Å². The van der Waals surface area contributed by atoms with Crippen molar-refractivity contribution in [3.8, 4) is 0 Å². The number of amides is 1. The fourth-order valence-corrected chi connectivity index (χ4v) is 2.25. The second kappa shape index (κ2) is 6.11. The van der Waals surface area contributed by atoms with Crippen LogP contribution in [0.1, 0.15) is 39.0 Å². The number of carboxylic acid groups (broad SMARTS) is 1. The van der Waals surface area contributed by atoms with Gasteiger partial charge < -0.3 is 10.0 Å². The fourth-order valence-electron chi connectivity index (χ4n) is 2.25. The molecule has 0 bridgehead atoms. The van der Waals surface area contributed by atoms with Crippen LogP contribution in [0.5, 0.6) is 0 Å². The van der Waals surface area contributed by atoms with E-state index in [1.165, 1.54) is 4.90 Å². The maximum absolute atomic E-state index is 13.0. The molecule has 0 atom stereocenters. The van der Waals surface area contributed by atoms with Crippen LogP contribution in [-0.4, -0.2) is 40.9 Å². The normalized spacial score (nSPS) is 19.5. The summed E-state index contributed by atoms with van der Waals surface area (Å²) in [7, 11) is 0. The van der Waals surface area contributed by atoms with E-state index in [0.717, 1.165) is 0 Å². The number of halogens is 2. The number of carbonyl (C=O) groups excluding carboxylic acids is 1.